The van der Waals surface area contributed by atoms with Crippen LogP contribution in [0.3, 0.4) is 0 Å². The van der Waals surface area contributed by atoms with Gasteiger partial charge in [-0.2, -0.15) is 0 Å². The van der Waals surface area contributed by atoms with Crippen LogP contribution >= 0.6 is 0 Å². The molecule has 5 nitrogen and oxygen atoms in total. The molecular formula is C19H33NO4. The molecule has 3 aliphatic rings. The van der Waals surface area contributed by atoms with E-state index in [-0.39, 0.29) is 11.9 Å². The Hall–Kier alpha value is -0.810. The quantitative estimate of drug-likeness (QED) is 0.764. The van der Waals surface area contributed by atoms with Gasteiger partial charge in [-0.15, -0.1) is 0 Å². The molecule has 0 aromatic heterocycles. The Morgan fingerprint density at radius 2 is 2.00 bits per heavy atom. The second-order valence-corrected chi connectivity index (χ2v) is 8.86. The van der Waals surface area contributed by atoms with Crippen LogP contribution in [0.1, 0.15) is 59.8 Å². The highest BCUT2D eigenvalue weighted by Gasteiger charge is 2.46. The highest BCUT2D eigenvalue weighted by molar-refractivity contribution is 5.68. The molecule has 0 spiro atoms. The number of ether oxygens (including phenoxy) is 3. The van der Waals surface area contributed by atoms with Crippen LogP contribution in [0.5, 0.6) is 0 Å². The fraction of sp³-hybridized carbons (Fsp3) is 0.947. The number of amides is 1. The number of likely N-dealkylation sites (tertiary alicyclic amines) is 1. The van der Waals surface area contributed by atoms with Crippen LogP contribution in [0, 0.1) is 17.8 Å². The summed E-state index contributed by atoms with van der Waals surface area (Å²) in [6.45, 7) is 11.0. The molecule has 5 heteroatoms. The number of hydrogen-bond donors (Lipinski definition) is 0. The van der Waals surface area contributed by atoms with E-state index >= 15 is 0 Å². The van der Waals surface area contributed by atoms with E-state index in [1.165, 1.54) is 19.3 Å². The first kappa shape index (κ1) is 18.0. The third-order valence-corrected chi connectivity index (χ3v) is 5.56. The SMILES string of the molecule is CC(C)(C)OC(=O)N1CC[C@@H](C2CC2CCCC2(C)OCCO2)C1. The molecule has 1 amide bonds. The van der Waals surface area contributed by atoms with Crippen LogP contribution < -0.4 is 0 Å². The summed E-state index contributed by atoms with van der Waals surface area (Å²) in [6.07, 6.45) is 5.72. The van der Waals surface area contributed by atoms with E-state index in [1.807, 2.05) is 25.7 Å². The van der Waals surface area contributed by atoms with Gasteiger partial charge < -0.3 is 19.1 Å². The summed E-state index contributed by atoms with van der Waals surface area (Å²) >= 11 is 0. The van der Waals surface area contributed by atoms with Crippen molar-refractivity contribution < 1.29 is 19.0 Å². The van der Waals surface area contributed by atoms with Crippen LogP contribution in [-0.2, 0) is 14.2 Å². The second-order valence-electron chi connectivity index (χ2n) is 8.86. The Kier molecular flexibility index (Phi) is 5.12. The van der Waals surface area contributed by atoms with E-state index in [0.29, 0.717) is 5.92 Å². The first-order valence-corrected chi connectivity index (χ1v) is 9.52. The summed E-state index contributed by atoms with van der Waals surface area (Å²) in [4.78, 5) is 14.1. The number of rotatable bonds is 5. The highest BCUT2D eigenvalue weighted by atomic mass is 16.7. The zero-order chi connectivity index (χ0) is 17.4. The maximum atomic E-state index is 12.2. The van der Waals surface area contributed by atoms with Crippen LogP contribution in [-0.4, -0.2) is 48.7 Å². The molecule has 2 heterocycles. The summed E-state index contributed by atoms with van der Waals surface area (Å²) in [5, 5.41) is 0. The van der Waals surface area contributed by atoms with E-state index in [0.717, 1.165) is 51.0 Å². The molecular weight excluding hydrogens is 306 g/mol. The summed E-state index contributed by atoms with van der Waals surface area (Å²) in [5.74, 6) is 1.96. The van der Waals surface area contributed by atoms with Gasteiger partial charge in [-0.25, -0.2) is 4.79 Å². The van der Waals surface area contributed by atoms with Crippen molar-refractivity contribution in [3.8, 4) is 0 Å². The van der Waals surface area contributed by atoms with Gasteiger partial charge in [0.15, 0.2) is 5.79 Å². The van der Waals surface area contributed by atoms with Crippen molar-refractivity contribution >= 4 is 6.09 Å². The molecule has 0 radical (unpaired) electrons. The lowest BCUT2D eigenvalue weighted by Crippen LogP contribution is -2.35. The lowest BCUT2D eigenvalue weighted by Gasteiger charge is -2.24. The lowest BCUT2D eigenvalue weighted by molar-refractivity contribution is -0.147. The first-order chi connectivity index (χ1) is 11.3. The minimum absolute atomic E-state index is 0.148. The van der Waals surface area contributed by atoms with Crippen LogP contribution in [0.25, 0.3) is 0 Å². The van der Waals surface area contributed by atoms with Gasteiger partial charge in [-0.3, -0.25) is 0 Å². The lowest BCUT2D eigenvalue weighted by atomic mass is 9.99. The third kappa shape index (κ3) is 4.63. The largest absolute Gasteiger partial charge is 0.444 e. The van der Waals surface area contributed by atoms with Crippen molar-refractivity contribution in [3.63, 3.8) is 0 Å². The van der Waals surface area contributed by atoms with Gasteiger partial charge in [-0.1, -0.05) is 0 Å². The van der Waals surface area contributed by atoms with Crippen molar-refractivity contribution in [2.24, 2.45) is 17.8 Å². The van der Waals surface area contributed by atoms with Gasteiger partial charge in [0.25, 0.3) is 0 Å². The maximum absolute atomic E-state index is 12.2. The van der Waals surface area contributed by atoms with E-state index in [1.54, 1.807) is 0 Å². The van der Waals surface area contributed by atoms with Gasteiger partial charge in [0.05, 0.1) is 13.2 Å². The molecule has 3 rings (SSSR count). The predicted molar refractivity (Wildman–Crippen MR) is 91.7 cm³/mol. The standard InChI is InChI=1S/C19H33NO4/c1-18(2,3)24-17(21)20-9-7-15(13-20)16-12-14(16)6-5-8-19(4)22-10-11-23-19/h14-16H,5-13H2,1-4H3/t14?,15-,16?/m1/s1. The fourth-order valence-electron chi connectivity index (χ4n) is 4.20. The summed E-state index contributed by atoms with van der Waals surface area (Å²) in [5.41, 5.74) is -0.405. The van der Waals surface area contributed by atoms with E-state index in [4.69, 9.17) is 14.2 Å². The molecule has 0 aromatic rings. The number of nitrogens with zero attached hydrogens (tertiary/aromatic N) is 1. The minimum atomic E-state index is -0.405. The third-order valence-electron chi connectivity index (χ3n) is 5.56. The molecule has 1 aliphatic carbocycles. The molecule has 0 N–H and O–H groups in total. The smallest absolute Gasteiger partial charge is 0.410 e. The molecule has 0 aromatic carbocycles. The van der Waals surface area contributed by atoms with Crippen molar-refractivity contribution in [1.29, 1.82) is 0 Å². The van der Waals surface area contributed by atoms with Crippen molar-refractivity contribution in [2.45, 2.75) is 71.2 Å². The highest BCUT2D eigenvalue weighted by Crippen LogP contribution is 2.50. The van der Waals surface area contributed by atoms with Gasteiger partial charge in [0, 0.05) is 19.5 Å². The van der Waals surface area contributed by atoms with Crippen molar-refractivity contribution in [2.75, 3.05) is 26.3 Å². The fourth-order valence-corrected chi connectivity index (χ4v) is 4.20. The van der Waals surface area contributed by atoms with Gasteiger partial charge in [-0.05, 0) is 71.1 Å². The Morgan fingerprint density at radius 3 is 2.67 bits per heavy atom. The van der Waals surface area contributed by atoms with Gasteiger partial charge >= 0.3 is 6.09 Å². The van der Waals surface area contributed by atoms with E-state index in [9.17, 15) is 4.79 Å². The monoisotopic (exact) mass is 339 g/mol. The summed E-state index contributed by atoms with van der Waals surface area (Å²) < 4.78 is 16.8. The normalized spacial score (nSPS) is 32.2. The van der Waals surface area contributed by atoms with Crippen LogP contribution in [0.4, 0.5) is 4.79 Å². The van der Waals surface area contributed by atoms with Gasteiger partial charge in [0.2, 0.25) is 0 Å². The zero-order valence-electron chi connectivity index (χ0n) is 15.7. The van der Waals surface area contributed by atoms with Crippen LogP contribution in [0.2, 0.25) is 0 Å². The summed E-state index contributed by atoms with van der Waals surface area (Å²) in [6, 6.07) is 0. The Morgan fingerprint density at radius 1 is 1.29 bits per heavy atom. The Balaban J connectivity index is 1.35. The molecule has 2 aliphatic heterocycles. The predicted octanol–water partition coefficient (Wildman–Crippen LogP) is 3.81. The molecule has 3 fully saturated rings. The number of hydrogen-bond acceptors (Lipinski definition) is 4. The first-order valence-electron chi connectivity index (χ1n) is 9.52. The van der Waals surface area contributed by atoms with E-state index < -0.39 is 5.60 Å². The molecule has 3 atom stereocenters. The molecule has 1 saturated carbocycles. The minimum Gasteiger partial charge on any atom is -0.444 e. The number of carbonyl (C=O) groups is 1. The summed E-state index contributed by atoms with van der Waals surface area (Å²) in [7, 11) is 0. The molecule has 0 bridgehead atoms. The molecule has 2 saturated heterocycles. The average Bonchev–Trinajstić information content (AvgIpc) is 2.90. The van der Waals surface area contributed by atoms with Crippen LogP contribution in [0.15, 0.2) is 0 Å². The Bertz CT molecular complexity index is 453. The molecule has 138 valence electrons. The van der Waals surface area contributed by atoms with Gasteiger partial charge in [0.1, 0.15) is 5.60 Å². The topological polar surface area (TPSA) is 48.0 Å². The number of carbonyl (C=O) groups excluding carboxylic acids is 1. The molecule has 24 heavy (non-hydrogen) atoms. The Labute approximate surface area is 146 Å². The second kappa shape index (κ2) is 6.83. The average molecular weight is 339 g/mol. The molecule has 2 unspecified atom stereocenters. The van der Waals surface area contributed by atoms with Crippen molar-refractivity contribution in [1.82, 2.24) is 4.90 Å². The van der Waals surface area contributed by atoms with E-state index in [2.05, 4.69) is 6.92 Å². The van der Waals surface area contributed by atoms with Crippen molar-refractivity contribution in [3.05, 3.63) is 0 Å². The maximum Gasteiger partial charge on any atom is 0.410 e. The zero-order valence-corrected chi connectivity index (χ0v) is 15.7.